The van der Waals surface area contributed by atoms with Crippen molar-refractivity contribution in [3.8, 4) is 0 Å². The Balaban J connectivity index is 0. The summed E-state index contributed by atoms with van der Waals surface area (Å²) in [6, 6.07) is 0. The highest BCUT2D eigenvalue weighted by Crippen LogP contribution is 2.17. The topological polar surface area (TPSA) is 0 Å². The van der Waals surface area contributed by atoms with Gasteiger partial charge in [0.15, 0.2) is 0 Å². The molecule has 0 aromatic heterocycles. The molecule has 124 valence electrons. The Hall–Kier alpha value is 0.910. The number of unbranched alkanes of at least 4 members (excludes halogenated alkanes) is 12. The standard InChI is InChI=1S/C18H39P.BrH/c1-3-5-7-8-9-10-11-12-13-14-15-16-18-19-17-6-4-2;/h19H,3-18H2,1-2H3;1H. The minimum atomic E-state index is 0. The molecule has 1 atom stereocenters. The molecule has 0 amide bonds. The SMILES string of the molecule is CCCCCCCCCCCCCC[PH2+]CCCC.[Br-]. The first-order valence-corrected chi connectivity index (χ1v) is 10.9. The highest BCUT2D eigenvalue weighted by atomic mass is 79.9. The Morgan fingerprint density at radius 2 is 0.800 bits per heavy atom. The molecule has 0 saturated heterocycles. The summed E-state index contributed by atoms with van der Waals surface area (Å²) in [6.45, 7) is 4.61. The molecule has 0 saturated carbocycles. The Morgan fingerprint density at radius 3 is 1.25 bits per heavy atom. The van der Waals surface area contributed by atoms with Crippen molar-refractivity contribution in [2.75, 3.05) is 12.3 Å². The zero-order chi connectivity index (χ0) is 14.0. The van der Waals surface area contributed by atoms with Crippen LogP contribution in [0.2, 0.25) is 0 Å². The molecule has 0 radical (unpaired) electrons. The molecule has 0 nitrogen and oxygen atoms in total. The Morgan fingerprint density at radius 1 is 0.450 bits per heavy atom. The third-order valence-electron chi connectivity index (χ3n) is 4.02. The van der Waals surface area contributed by atoms with Crippen molar-refractivity contribution in [1.29, 1.82) is 0 Å². The van der Waals surface area contributed by atoms with Crippen LogP contribution >= 0.6 is 8.58 Å². The normalized spacial score (nSPS) is 11.1. The fraction of sp³-hybridized carbons (Fsp3) is 1.00. The van der Waals surface area contributed by atoms with Crippen LogP contribution in [0.1, 0.15) is 104 Å². The van der Waals surface area contributed by atoms with Crippen LogP contribution in [0.5, 0.6) is 0 Å². The van der Waals surface area contributed by atoms with E-state index in [1.807, 2.05) is 0 Å². The quantitative estimate of drug-likeness (QED) is 0.287. The van der Waals surface area contributed by atoms with Crippen LogP contribution in [0.4, 0.5) is 0 Å². The van der Waals surface area contributed by atoms with Crippen molar-refractivity contribution >= 4 is 8.58 Å². The van der Waals surface area contributed by atoms with Crippen LogP contribution in [0, 0.1) is 0 Å². The third kappa shape index (κ3) is 21.2. The van der Waals surface area contributed by atoms with Crippen LogP contribution in [0.3, 0.4) is 0 Å². The van der Waals surface area contributed by atoms with E-state index in [0.29, 0.717) is 0 Å². The van der Waals surface area contributed by atoms with E-state index < -0.39 is 0 Å². The van der Waals surface area contributed by atoms with Gasteiger partial charge in [0.05, 0.1) is 12.3 Å². The molecule has 0 heterocycles. The molecule has 0 N–H and O–H groups in total. The van der Waals surface area contributed by atoms with Gasteiger partial charge < -0.3 is 17.0 Å². The number of halogens is 1. The summed E-state index contributed by atoms with van der Waals surface area (Å²) < 4.78 is 0. The number of hydrogen-bond donors (Lipinski definition) is 0. The highest BCUT2D eigenvalue weighted by molar-refractivity contribution is 7.37. The van der Waals surface area contributed by atoms with Crippen LogP contribution in [-0.4, -0.2) is 12.3 Å². The predicted molar refractivity (Wildman–Crippen MR) is 95.4 cm³/mol. The zero-order valence-corrected chi connectivity index (χ0v) is 17.0. The van der Waals surface area contributed by atoms with Crippen LogP contribution in [0.25, 0.3) is 0 Å². The first-order valence-electron chi connectivity index (χ1n) is 9.23. The van der Waals surface area contributed by atoms with E-state index in [-0.39, 0.29) is 17.0 Å². The van der Waals surface area contributed by atoms with Gasteiger partial charge in [-0.05, 0) is 27.8 Å². The van der Waals surface area contributed by atoms with Crippen LogP contribution in [0.15, 0.2) is 0 Å². The lowest BCUT2D eigenvalue weighted by molar-refractivity contribution is -0.00000425. The van der Waals surface area contributed by atoms with Crippen molar-refractivity contribution in [3.05, 3.63) is 0 Å². The summed E-state index contributed by atoms with van der Waals surface area (Å²) in [4.78, 5) is 0. The minimum Gasteiger partial charge on any atom is -1.00 e. The smallest absolute Gasteiger partial charge is 0.0549 e. The molecule has 0 fully saturated rings. The summed E-state index contributed by atoms with van der Waals surface area (Å²) in [6.07, 6.45) is 23.8. The maximum atomic E-state index is 2.31. The molecule has 0 aliphatic rings. The highest BCUT2D eigenvalue weighted by Gasteiger charge is 1.96. The monoisotopic (exact) mass is 366 g/mol. The maximum absolute atomic E-state index is 2.31. The fourth-order valence-corrected chi connectivity index (χ4v) is 4.19. The van der Waals surface area contributed by atoms with Gasteiger partial charge >= 0.3 is 0 Å². The first kappa shape index (κ1) is 23.2. The lowest BCUT2D eigenvalue weighted by atomic mass is 10.1. The summed E-state index contributed by atoms with van der Waals surface area (Å²) in [5.41, 5.74) is 0. The van der Waals surface area contributed by atoms with Gasteiger partial charge in [0.25, 0.3) is 0 Å². The molecule has 0 aromatic rings. The largest absolute Gasteiger partial charge is 1.00 e. The van der Waals surface area contributed by atoms with Gasteiger partial charge in [-0.25, -0.2) is 0 Å². The zero-order valence-electron chi connectivity index (χ0n) is 14.3. The van der Waals surface area contributed by atoms with E-state index in [4.69, 9.17) is 0 Å². The van der Waals surface area contributed by atoms with Gasteiger partial charge in [0.2, 0.25) is 0 Å². The summed E-state index contributed by atoms with van der Waals surface area (Å²) in [5, 5.41) is 0. The lowest BCUT2D eigenvalue weighted by Crippen LogP contribution is -3.00. The summed E-state index contributed by atoms with van der Waals surface area (Å²) in [5.74, 6) is 0. The number of hydrogen-bond acceptors (Lipinski definition) is 0. The van der Waals surface area contributed by atoms with Crippen molar-refractivity contribution in [1.82, 2.24) is 0 Å². The van der Waals surface area contributed by atoms with Gasteiger partial charge in [-0.1, -0.05) is 84.5 Å². The fourth-order valence-electron chi connectivity index (χ4n) is 2.62. The van der Waals surface area contributed by atoms with Gasteiger partial charge in [0, 0.05) is 0 Å². The third-order valence-corrected chi connectivity index (χ3v) is 5.66. The average molecular weight is 367 g/mol. The summed E-state index contributed by atoms with van der Waals surface area (Å²) >= 11 is 0. The van der Waals surface area contributed by atoms with E-state index >= 15 is 0 Å². The van der Waals surface area contributed by atoms with Crippen molar-refractivity contribution < 1.29 is 17.0 Å². The second-order valence-corrected chi connectivity index (χ2v) is 7.84. The van der Waals surface area contributed by atoms with E-state index in [1.165, 1.54) is 89.9 Å². The van der Waals surface area contributed by atoms with Gasteiger partial charge in [-0.3, -0.25) is 0 Å². The second kappa shape index (κ2) is 22.2. The molecule has 0 aromatic carbocycles. The van der Waals surface area contributed by atoms with Gasteiger partial charge in [-0.15, -0.1) is 0 Å². The maximum Gasteiger partial charge on any atom is 0.0549 e. The number of rotatable bonds is 16. The molecule has 2 heteroatoms. The predicted octanol–water partition coefficient (Wildman–Crippen LogP) is 3.90. The molecule has 1 unspecified atom stereocenters. The average Bonchev–Trinajstić information content (AvgIpc) is 2.43. The van der Waals surface area contributed by atoms with E-state index in [0.717, 1.165) is 8.58 Å². The molecule has 0 bridgehead atoms. The van der Waals surface area contributed by atoms with Gasteiger partial charge in [-0.2, -0.15) is 0 Å². The van der Waals surface area contributed by atoms with Gasteiger partial charge in [0.1, 0.15) is 0 Å². The molecule has 0 rings (SSSR count). The Kier molecular flexibility index (Phi) is 25.7. The van der Waals surface area contributed by atoms with Crippen molar-refractivity contribution in [2.45, 2.75) is 104 Å². The molecular weight excluding hydrogens is 327 g/mol. The van der Waals surface area contributed by atoms with E-state index in [9.17, 15) is 0 Å². The lowest BCUT2D eigenvalue weighted by Gasteiger charge is -2.02. The van der Waals surface area contributed by atoms with Crippen LogP contribution in [-0.2, 0) is 0 Å². The molecule has 0 spiro atoms. The second-order valence-electron chi connectivity index (χ2n) is 6.11. The van der Waals surface area contributed by atoms with Crippen LogP contribution < -0.4 is 17.0 Å². The summed E-state index contributed by atoms with van der Waals surface area (Å²) in [7, 11) is 0.796. The van der Waals surface area contributed by atoms with Crippen molar-refractivity contribution in [3.63, 3.8) is 0 Å². The van der Waals surface area contributed by atoms with E-state index in [1.54, 1.807) is 12.3 Å². The van der Waals surface area contributed by atoms with Crippen molar-refractivity contribution in [2.24, 2.45) is 0 Å². The first-order chi connectivity index (χ1) is 9.41. The van der Waals surface area contributed by atoms with E-state index in [2.05, 4.69) is 13.8 Å². The molecule has 20 heavy (non-hydrogen) atoms. The molecule has 0 aliphatic heterocycles. The Labute approximate surface area is 141 Å². The molecule has 0 aliphatic carbocycles. The minimum absolute atomic E-state index is 0. The Bertz CT molecular complexity index is 134. The molecular formula is C18H40BrP.